The number of benzene rings is 2. The number of rotatable bonds is 4. The molecule has 7 nitrogen and oxygen atoms in total. The molecule has 3 aromatic rings. The molecule has 28 heavy (non-hydrogen) atoms. The fourth-order valence-electron chi connectivity index (χ4n) is 3.51. The molecule has 0 aliphatic carbocycles. The van der Waals surface area contributed by atoms with E-state index in [9.17, 15) is 14.4 Å². The minimum atomic E-state index is -0.322. The number of fused-ring (bicyclic) bond motifs is 1. The Hall–Kier alpha value is -3.48. The lowest BCUT2D eigenvalue weighted by atomic mass is 10.2. The Bertz CT molecular complexity index is 1100. The molecule has 2 heterocycles. The van der Waals surface area contributed by atoms with Crippen LogP contribution in [0, 0.1) is 0 Å². The van der Waals surface area contributed by atoms with Gasteiger partial charge < -0.3 is 10.2 Å². The number of amides is 2. The van der Waals surface area contributed by atoms with Crippen molar-refractivity contribution >= 4 is 34.1 Å². The predicted molar refractivity (Wildman–Crippen MR) is 107 cm³/mol. The van der Waals surface area contributed by atoms with E-state index in [1.54, 1.807) is 35.2 Å². The van der Waals surface area contributed by atoms with Crippen molar-refractivity contribution in [3.63, 3.8) is 0 Å². The normalized spacial score (nSPS) is 16.5. The summed E-state index contributed by atoms with van der Waals surface area (Å²) in [5.74, 6) is -0.204. The summed E-state index contributed by atoms with van der Waals surface area (Å²) in [5.41, 5.74) is 1.78. The van der Waals surface area contributed by atoms with E-state index in [1.807, 2.05) is 25.1 Å². The smallest absolute Gasteiger partial charge is 0.261 e. The zero-order valence-electron chi connectivity index (χ0n) is 15.5. The summed E-state index contributed by atoms with van der Waals surface area (Å²) < 4.78 is 1.29. The van der Waals surface area contributed by atoms with E-state index in [2.05, 4.69) is 10.3 Å². The van der Waals surface area contributed by atoms with Crippen LogP contribution in [-0.4, -0.2) is 27.4 Å². The molecule has 1 atom stereocenters. The Labute approximate surface area is 161 Å². The lowest BCUT2D eigenvalue weighted by Crippen LogP contribution is -2.30. The quantitative estimate of drug-likeness (QED) is 0.758. The van der Waals surface area contributed by atoms with Crippen LogP contribution in [0.15, 0.2) is 59.7 Å². The second-order valence-corrected chi connectivity index (χ2v) is 6.94. The van der Waals surface area contributed by atoms with E-state index in [-0.39, 0.29) is 30.0 Å². The van der Waals surface area contributed by atoms with Crippen molar-refractivity contribution in [3.8, 4) is 0 Å². The number of para-hydroxylation sites is 1. The molecule has 0 radical (unpaired) electrons. The molecule has 1 aromatic heterocycles. The van der Waals surface area contributed by atoms with Gasteiger partial charge in [-0.1, -0.05) is 12.1 Å². The van der Waals surface area contributed by atoms with Crippen LogP contribution in [0.1, 0.15) is 19.8 Å². The van der Waals surface area contributed by atoms with Crippen LogP contribution in [-0.2, 0) is 16.1 Å². The molecule has 142 valence electrons. The molecule has 7 heteroatoms. The van der Waals surface area contributed by atoms with Crippen LogP contribution >= 0.6 is 0 Å². The van der Waals surface area contributed by atoms with E-state index in [1.165, 1.54) is 10.9 Å². The summed E-state index contributed by atoms with van der Waals surface area (Å²) in [6, 6.07) is 14.4. The zero-order valence-corrected chi connectivity index (χ0v) is 15.5. The van der Waals surface area contributed by atoms with Gasteiger partial charge in [0.25, 0.3) is 5.56 Å². The number of anilines is 2. The Morgan fingerprint density at radius 1 is 1.14 bits per heavy atom. The standard InChI is InChI=1S/C21H20N4O3/c1-14-6-11-20(27)25(14)16-9-7-15(8-10-16)23-19(26)12-24-13-22-18-5-3-2-4-17(18)21(24)28/h2-5,7-10,13-14H,6,11-12H2,1H3,(H,23,26). The van der Waals surface area contributed by atoms with Crippen LogP contribution < -0.4 is 15.8 Å². The topological polar surface area (TPSA) is 84.3 Å². The molecule has 4 rings (SSSR count). The van der Waals surface area contributed by atoms with Gasteiger partial charge in [0.1, 0.15) is 6.54 Å². The van der Waals surface area contributed by atoms with Gasteiger partial charge in [0.15, 0.2) is 0 Å². The van der Waals surface area contributed by atoms with Gasteiger partial charge in [-0.2, -0.15) is 0 Å². The van der Waals surface area contributed by atoms with Crippen molar-refractivity contribution in [2.75, 3.05) is 10.2 Å². The van der Waals surface area contributed by atoms with E-state index in [4.69, 9.17) is 0 Å². The third-order valence-corrected chi connectivity index (χ3v) is 4.96. The van der Waals surface area contributed by atoms with Crippen molar-refractivity contribution in [2.24, 2.45) is 0 Å². The first kappa shape index (κ1) is 17.9. The molecule has 2 aromatic carbocycles. The molecular formula is C21H20N4O3. The summed E-state index contributed by atoms with van der Waals surface area (Å²) in [6.07, 6.45) is 2.80. The Morgan fingerprint density at radius 2 is 1.89 bits per heavy atom. The maximum absolute atomic E-state index is 12.5. The first-order valence-electron chi connectivity index (χ1n) is 9.19. The summed E-state index contributed by atoms with van der Waals surface area (Å²) in [7, 11) is 0. The fraction of sp³-hybridized carbons (Fsp3) is 0.238. The number of hydrogen-bond acceptors (Lipinski definition) is 4. The zero-order chi connectivity index (χ0) is 19.7. The minimum Gasteiger partial charge on any atom is -0.325 e. The highest BCUT2D eigenvalue weighted by Crippen LogP contribution is 2.27. The van der Waals surface area contributed by atoms with Gasteiger partial charge in [-0.25, -0.2) is 4.98 Å². The van der Waals surface area contributed by atoms with Gasteiger partial charge in [-0.05, 0) is 49.7 Å². The van der Waals surface area contributed by atoms with Crippen LogP contribution in [0.2, 0.25) is 0 Å². The Morgan fingerprint density at radius 3 is 2.61 bits per heavy atom. The third-order valence-electron chi connectivity index (χ3n) is 4.96. The van der Waals surface area contributed by atoms with E-state index < -0.39 is 0 Å². The van der Waals surface area contributed by atoms with Crippen molar-refractivity contribution in [3.05, 3.63) is 65.2 Å². The molecule has 1 unspecified atom stereocenters. The van der Waals surface area contributed by atoms with Crippen molar-refractivity contribution < 1.29 is 9.59 Å². The maximum atomic E-state index is 12.5. The fourth-order valence-corrected chi connectivity index (χ4v) is 3.51. The van der Waals surface area contributed by atoms with Gasteiger partial charge in [-0.15, -0.1) is 0 Å². The highest BCUT2D eigenvalue weighted by Gasteiger charge is 2.28. The van der Waals surface area contributed by atoms with Gasteiger partial charge >= 0.3 is 0 Å². The molecule has 1 aliphatic heterocycles. The highest BCUT2D eigenvalue weighted by molar-refractivity contribution is 5.96. The summed E-state index contributed by atoms with van der Waals surface area (Å²) in [5, 5.41) is 3.25. The van der Waals surface area contributed by atoms with Crippen LogP contribution in [0.4, 0.5) is 11.4 Å². The molecular weight excluding hydrogens is 356 g/mol. The second-order valence-electron chi connectivity index (χ2n) is 6.94. The minimum absolute atomic E-state index is 0.118. The number of hydrogen-bond donors (Lipinski definition) is 1. The second kappa shape index (κ2) is 7.26. The first-order valence-corrected chi connectivity index (χ1v) is 9.19. The number of nitrogens with one attached hydrogen (secondary N) is 1. The summed E-state index contributed by atoms with van der Waals surface area (Å²) in [6.45, 7) is 1.90. The SMILES string of the molecule is CC1CCC(=O)N1c1ccc(NC(=O)Cn2cnc3ccccc3c2=O)cc1. The van der Waals surface area contributed by atoms with Crippen LogP contribution in [0.25, 0.3) is 10.9 Å². The molecule has 2 amide bonds. The maximum Gasteiger partial charge on any atom is 0.261 e. The molecule has 0 spiro atoms. The first-order chi connectivity index (χ1) is 13.5. The largest absolute Gasteiger partial charge is 0.325 e. The number of carbonyl (C=O) groups is 2. The molecule has 1 N–H and O–H groups in total. The van der Waals surface area contributed by atoms with Gasteiger partial charge in [0, 0.05) is 23.8 Å². The number of nitrogens with zero attached hydrogens (tertiary/aromatic N) is 3. The number of carbonyl (C=O) groups excluding carboxylic acids is 2. The highest BCUT2D eigenvalue weighted by atomic mass is 16.2. The van der Waals surface area contributed by atoms with Crippen molar-refractivity contribution in [2.45, 2.75) is 32.4 Å². The average Bonchev–Trinajstić information content (AvgIpc) is 3.03. The molecule has 0 saturated carbocycles. The monoisotopic (exact) mass is 376 g/mol. The summed E-state index contributed by atoms with van der Waals surface area (Å²) >= 11 is 0. The van der Waals surface area contributed by atoms with Gasteiger partial charge in [0.05, 0.1) is 17.2 Å². The van der Waals surface area contributed by atoms with E-state index in [0.29, 0.717) is 23.0 Å². The van der Waals surface area contributed by atoms with Gasteiger partial charge in [-0.3, -0.25) is 19.0 Å². The Kier molecular flexibility index (Phi) is 4.65. The van der Waals surface area contributed by atoms with Crippen molar-refractivity contribution in [1.29, 1.82) is 0 Å². The van der Waals surface area contributed by atoms with E-state index in [0.717, 1.165) is 12.1 Å². The molecule has 0 bridgehead atoms. The lowest BCUT2D eigenvalue weighted by molar-refractivity contribution is -0.117. The third kappa shape index (κ3) is 3.38. The molecule has 1 aliphatic rings. The van der Waals surface area contributed by atoms with Gasteiger partial charge in [0.2, 0.25) is 11.8 Å². The molecule has 1 saturated heterocycles. The predicted octanol–water partition coefficient (Wildman–Crippen LogP) is 2.55. The number of aromatic nitrogens is 2. The molecule has 1 fully saturated rings. The average molecular weight is 376 g/mol. The Balaban J connectivity index is 1.46. The van der Waals surface area contributed by atoms with Crippen LogP contribution in [0.5, 0.6) is 0 Å². The summed E-state index contributed by atoms with van der Waals surface area (Å²) in [4.78, 5) is 42.8. The van der Waals surface area contributed by atoms with Crippen molar-refractivity contribution in [1.82, 2.24) is 9.55 Å². The van der Waals surface area contributed by atoms with Crippen LogP contribution in [0.3, 0.4) is 0 Å². The van der Waals surface area contributed by atoms with E-state index >= 15 is 0 Å². The lowest BCUT2D eigenvalue weighted by Gasteiger charge is -2.22.